The van der Waals surface area contributed by atoms with E-state index in [0.717, 1.165) is 0 Å². The highest BCUT2D eigenvalue weighted by molar-refractivity contribution is 7.92. The van der Waals surface area contributed by atoms with Crippen LogP contribution in [0.25, 0.3) is 0 Å². The topological polar surface area (TPSA) is 109 Å². The number of halogens is 6. The van der Waals surface area contributed by atoms with Gasteiger partial charge in [0, 0.05) is 0 Å². The van der Waals surface area contributed by atoms with Gasteiger partial charge in [0.05, 0.1) is 11.4 Å². The molecule has 0 radical (unpaired) electrons. The molecule has 0 amide bonds. The summed E-state index contributed by atoms with van der Waals surface area (Å²) in [5.74, 6) is -8.91. The zero-order valence-electron chi connectivity index (χ0n) is 14.2. The highest BCUT2D eigenvalue weighted by atomic mass is 32.2. The van der Waals surface area contributed by atoms with Crippen LogP contribution in [-0.2, 0) is 20.0 Å². The van der Waals surface area contributed by atoms with E-state index < -0.39 is 53.2 Å². The summed E-state index contributed by atoms with van der Waals surface area (Å²) in [7, 11) is -13.3. The van der Waals surface area contributed by atoms with Gasteiger partial charge in [0.15, 0.2) is 0 Å². The van der Waals surface area contributed by atoms with E-state index in [9.17, 15) is 48.3 Å². The van der Waals surface area contributed by atoms with Crippen molar-refractivity contribution >= 4 is 20.0 Å². The maximum absolute atomic E-state index is 14.1. The summed E-state index contributed by atoms with van der Waals surface area (Å²) < 4.78 is 136. The Labute approximate surface area is 157 Å². The van der Waals surface area contributed by atoms with E-state index in [4.69, 9.17) is 4.55 Å². The second kappa shape index (κ2) is 5.76. The molecule has 4 rings (SSSR count). The van der Waals surface area contributed by atoms with Crippen molar-refractivity contribution in [3.8, 4) is 0 Å². The number of alkyl halides is 6. The average Bonchev–Trinajstić information content (AvgIpc) is 2.41. The number of hydrogen-bond donors (Lipinski definition) is 2. The highest BCUT2D eigenvalue weighted by Crippen LogP contribution is 2.63. The largest absolute Gasteiger partial charge is 0.439 e. The second-order valence-corrected chi connectivity index (χ2v) is 12.0. The van der Waals surface area contributed by atoms with Crippen molar-refractivity contribution in [1.29, 1.82) is 0 Å². The first-order valence-electron chi connectivity index (χ1n) is 8.33. The summed E-state index contributed by atoms with van der Waals surface area (Å²) >= 11 is 0. The Kier molecular flexibility index (Phi) is 4.54. The van der Waals surface area contributed by atoms with Gasteiger partial charge in [-0.05, 0) is 55.8 Å². The minimum Gasteiger partial charge on any atom is -0.390 e. The Hall–Kier alpha value is -0.600. The lowest BCUT2D eigenvalue weighted by atomic mass is 9.48. The first-order valence-corrected chi connectivity index (χ1v) is 11.4. The number of sulfone groups is 1. The maximum Gasteiger partial charge on any atom is 0.439 e. The molecule has 4 aliphatic carbocycles. The van der Waals surface area contributed by atoms with Crippen LogP contribution < -0.4 is 0 Å². The molecule has 0 aromatic rings. The SMILES string of the molecule is O=S(=O)(O)C(F)(F)C(F)(F)C(F)(F)S(=O)(=O)CC12CC3CC(CC(O)(C3)C1)C2. The van der Waals surface area contributed by atoms with Gasteiger partial charge in [-0.25, -0.2) is 8.42 Å². The van der Waals surface area contributed by atoms with E-state index in [1.165, 1.54) is 0 Å². The molecule has 2 N–H and O–H groups in total. The molecular weight excluding hydrogens is 442 g/mol. The highest BCUT2D eigenvalue weighted by Gasteiger charge is 2.82. The molecule has 4 saturated carbocycles. The molecule has 0 aliphatic heterocycles. The lowest BCUT2D eigenvalue weighted by Gasteiger charge is -2.60. The van der Waals surface area contributed by atoms with Gasteiger partial charge in [-0.15, -0.1) is 0 Å². The monoisotopic (exact) mass is 460 g/mol. The lowest BCUT2D eigenvalue weighted by Crippen LogP contribution is -2.63. The van der Waals surface area contributed by atoms with Crippen LogP contribution in [0.3, 0.4) is 0 Å². The molecule has 4 fully saturated rings. The number of aliphatic hydroxyl groups is 1. The van der Waals surface area contributed by atoms with Gasteiger partial charge < -0.3 is 5.11 Å². The molecule has 2 unspecified atom stereocenters. The zero-order valence-corrected chi connectivity index (χ0v) is 15.8. The first-order chi connectivity index (χ1) is 12.3. The van der Waals surface area contributed by atoms with E-state index >= 15 is 0 Å². The number of hydrogen-bond acceptors (Lipinski definition) is 5. The van der Waals surface area contributed by atoms with Gasteiger partial charge in [-0.1, -0.05) is 0 Å². The van der Waals surface area contributed by atoms with Crippen LogP contribution in [0.1, 0.15) is 38.5 Å². The quantitative estimate of drug-likeness (QED) is 0.466. The summed E-state index contributed by atoms with van der Waals surface area (Å²) in [5.41, 5.74) is -2.81. The predicted molar refractivity (Wildman–Crippen MR) is 82.2 cm³/mol. The summed E-state index contributed by atoms with van der Waals surface area (Å²) in [5, 5.41) is -2.69. The van der Waals surface area contributed by atoms with Crippen LogP contribution in [-0.4, -0.2) is 54.3 Å². The molecule has 6 nitrogen and oxygen atoms in total. The molecule has 28 heavy (non-hydrogen) atoms. The third-order valence-corrected chi connectivity index (χ3v) is 9.03. The van der Waals surface area contributed by atoms with Crippen molar-refractivity contribution in [3.05, 3.63) is 0 Å². The van der Waals surface area contributed by atoms with Crippen LogP contribution in [0, 0.1) is 17.3 Å². The molecule has 0 spiro atoms. The van der Waals surface area contributed by atoms with Crippen LogP contribution in [0.4, 0.5) is 26.3 Å². The van der Waals surface area contributed by atoms with Gasteiger partial charge in [-0.3, -0.25) is 4.55 Å². The smallest absolute Gasteiger partial charge is 0.390 e. The normalized spacial score (nSPS) is 36.7. The molecule has 2 atom stereocenters. The summed E-state index contributed by atoms with van der Waals surface area (Å²) in [6.45, 7) is 0. The van der Waals surface area contributed by atoms with E-state index in [1.54, 1.807) is 0 Å². The molecule has 14 heteroatoms. The molecule has 4 bridgehead atoms. The molecule has 0 aromatic heterocycles. The van der Waals surface area contributed by atoms with Crippen LogP contribution in [0.15, 0.2) is 0 Å². The molecule has 164 valence electrons. The minimum atomic E-state index is -7.03. The van der Waals surface area contributed by atoms with Crippen molar-refractivity contribution in [3.63, 3.8) is 0 Å². The molecule has 0 saturated heterocycles. The lowest BCUT2D eigenvalue weighted by molar-refractivity contribution is -0.246. The number of rotatable bonds is 6. The van der Waals surface area contributed by atoms with Crippen LogP contribution >= 0.6 is 0 Å². The van der Waals surface area contributed by atoms with E-state index in [0.29, 0.717) is 19.3 Å². The molecule has 0 heterocycles. The third-order valence-electron chi connectivity index (χ3n) is 6.09. The fraction of sp³-hybridized carbons (Fsp3) is 1.00. The first kappa shape index (κ1) is 22.1. The average molecular weight is 460 g/mol. The van der Waals surface area contributed by atoms with Crippen molar-refractivity contribution in [2.75, 3.05) is 5.75 Å². The summed E-state index contributed by atoms with van der Waals surface area (Å²) in [6.07, 6.45) is 1.13. The van der Waals surface area contributed by atoms with Crippen molar-refractivity contribution in [2.45, 2.75) is 60.6 Å². The minimum absolute atomic E-state index is 0.0569. The fourth-order valence-electron chi connectivity index (χ4n) is 5.59. The van der Waals surface area contributed by atoms with E-state index in [1.807, 2.05) is 0 Å². The Morgan fingerprint density at radius 2 is 1.32 bits per heavy atom. The summed E-state index contributed by atoms with van der Waals surface area (Å²) in [4.78, 5) is 0. The maximum atomic E-state index is 14.1. The van der Waals surface area contributed by atoms with Gasteiger partial charge in [-0.2, -0.15) is 34.8 Å². The van der Waals surface area contributed by atoms with Crippen molar-refractivity contribution in [2.24, 2.45) is 17.3 Å². The standard InChI is InChI=1S/C14H18F6O6S2/c15-12(16,14(19,20)28(24,25)26)13(17,18)27(22,23)7-10-2-8-1-9(3-10)5-11(21,4-8)6-10/h8-9,21H,1-7H2,(H,24,25,26). The van der Waals surface area contributed by atoms with Gasteiger partial charge in [0.1, 0.15) is 0 Å². The molecule has 4 aliphatic rings. The van der Waals surface area contributed by atoms with Crippen molar-refractivity contribution in [1.82, 2.24) is 0 Å². The van der Waals surface area contributed by atoms with Crippen LogP contribution in [0.5, 0.6) is 0 Å². The molecule has 0 aromatic carbocycles. The Balaban J connectivity index is 1.96. The Bertz CT molecular complexity index is 870. The Morgan fingerprint density at radius 3 is 1.71 bits per heavy atom. The van der Waals surface area contributed by atoms with E-state index in [2.05, 4.69) is 0 Å². The fourth-order valence-corrected chi connectivity index (χ4v) is 7.95. The van der Waals surface area contributed by atoms with E-state index in [-0.39, 0.29) is 31.1 Å². The third kappa shape index (κ3) is 2.97. The van der Waals surface area contributed by atoms with Crippen molar-refractivity contribution < 1.29 is 52.8 Å². The Morgan fingerprint density at radius 1 is 0.857 bits per heavy atom. The predicted octanol–water partition coefficient (Wildman–Crippen LogP) is 2.44. The summed E-state index contributed by atoms with van der Waals surface area (Å²) in [6, 6.07) is 0. The zero-order chi connectivity index (χ0) is 21.6. The van der Waals surface area contributed by atoms with Gasteiger partial charge in [0.25, 0.3) is 0 Å². The van der Waals surface area contributed by atoms with Gasteiger partial charge >= 0.3 is 26.5 Å². The van der Waals surface area contributed by atoms with Gasteiger partial charge in [0.2, 0.25) is 9.84 Å². The second-order valence-electron chi connectivity index (χ2n) is 8.53. The molecular formula is C14H18F6O6S2. The van der Waals surface area contributed by atoms with Crippen LogP contribution in [0.2, 0.25) is 0 Å².